The molecule has 0 saturated heterocycles. The number of hydrogen-bond donors (Lipinski definition) is 3. The summed E-state index contributed by atoms with van der Waals surface area (Å²) in [5.41, 5.74) is 0. The van der Waals surface area contributed by atoms with Gasteiger partial charge in [-0.05, 0) is 48.5 Å². The van der Waals surface area contributed by atoms with Crippen LogP contribution in [0.5, 0.6) is 17.2 Å². The summed E-state index contributed by atoms with van der Waals surface area (Å²) in [6, 6.07) is 12.9. The first-order valence-corrected chi connectivity index (χ1v) is 12.5. The molecule has 0 bridgehead atoms. The van der Waals surface area contributed by atoms with Crippen LogP contribution < -0.4 is 10.2 Å². The summed E-state index contributed by atoms with van der Waals surface area (Å²) in [6.07, 6.45) is 0. The van der Waals surface area contributed by atoms with Crippen LogP contribution in [0.15, 0.2) is 87.5 Å². The minimum Gasteiger partial charge on any atom is -0.872 e. The van der Waals surface area contributed by atoms with Crippen molar-refractivity contribution in [3.63, 3.8) is 0 Å². The van der Waals surface area contributed by atoms with E-state index in [0.717, 1.165) is 60.7 Å². The molecule has 3 aromatic carbocycles. The molecule has 3 N–H and O–H groups in total. The van der Waals surface area contributed by atoms with E-state index in [1.165, 1.54) is 12.1 Å². The Kier molecular flexibility index (Phi) is 11.7. The van der Waals surface area contributed by atoms with Crippen molar-refractivity contribution < 1.29 is 54.2 Å². The van der Waals surface area contributed by atoms with E-state index in [2.05, 4.69) is 0 Å². The third-order valence-corrected chi connectivity index (χ3v) is 5.95. The zero-order valence-corrected chi connectivity index (χ0v) is 20.4. The van der Waals surface area contributed by atoms with Crippen molar-refractivity contribution >= 4 is 47.7 Å². The SMILES string of the molecule is O=S(=O)(O)c1ccc(O)cc1.O=S(=O)(O)c1ccc([O-])cc1.O=S(=O)([O-])c1ccc([O-])cc1.[Al+3]. The molecular formula is C18H15AlO12S3. The molecule has 0 aliphatic rings. The number of aromatic hydroxyl groups is 1. The van der Waals surface area contributed by atoms with E-state index in [4.69, 9.17) is 14.2 Å². The molecule has 180 valence electrons. The second-order valence-corrected chi connectivity index (χ2v) is 10.1. The molecule has 0 atom stereocenters. The van der Waals surface area contributed by atoms with Gasteiger partial charge in [-0.15, -0.1) is 11.5 Å². The van der Waals surface area contributed by atoms with E-state index in [1.54, 1.807) is 0 Å². The van der Waals surface area contributed by atoms with Crippen molar-refractivity contribution in [1.82, 2.24) is 0 Å². The van der Waals surface area contributed by atoms with Crippen LogP contribution in [0.25, 0.3) is 0 Å². The van der Waals surface area contributed by atoms with E-state index in [0.29, 0.717) is 0 Å². The van der Waals surface area contributed by atoms with Crippen LogP contribution in [-0.4, -0.2) is 61.4 Å². The molecule has 0 aliphatic carbocycles. The summed E-state index contributed by atoms with van der Waals surface area (Å²) >= 11 is 0. The fourth-order valence-corrected chi connectivity index (χ4v) is 3.27. The monoisotopic (exact) mass is 546 g/mol. The van der Waals surface area contributed by atoms with Gasteiger partial charge in [0.05, 0.1) is 14.7 Å². The Balaban J connectivity index is 0.000000473. The van der Waals surface area contributed by atoms with Crippen LogP contribution in [0.2, 0.25) is 0 Å². The zero-order valence-electron chi connectivity index (χ0n) is 16.7. The summed E-state index contributed by atoms with van der Waals surface area (Å²) in [5, 5.41) is 29.7. The quantitative estimate of drug-likeness (QED) is 0.289. The molecule has 3 rings (SSSR count). The van der Waals surface area contributed by atoms with Gasteiger partial charge in [-0.3, -0.25) is 9.11 Å². The first-order valence-electron chi connectivity index (χ1n) is 8.24. The van der Waals surface area contributed by atoms with Gasteiger partial charge in [0.2, 0.25) is 0 Å². The molecule has 0 fully saturated rings. The Morgan fingerprint density at radius 3 is 1.06 bits per heavy atom. The van der Waals surface area contributed by atoms with Gasteiger partial charge in [-0.1, -0.05) is 24.3 Å². The molecule has 0 aliphatic heterocycles. The third kappa shape index (κ3) is 11.5. The van der Waals surface area contributed by atoms with Crippen LogP contribution in [0, 0.1) is 0 Å². The topological polar surface area (TPSA) is 232 Å². The fourth-order valence-electron chi connectivity index (χ4n) is 1.84. The molecule has 0 amide bonds. The average Bonchev–Trinajstić information content (AvgIpc) is 2.68. The van der Waals surface area contributed by atoms with Gasteiger partial charge in [0.15, 0.2) is 0 Å². The first-order chi connectivity index (χ1) is 15.0. The largest absolute Gasteiger partial charge is 3.00 e. The van der Waals surface area contributed by atoms with Crippen LogP contribution >= 0.6 is 0 Å². The van der Waals surface area contributed by atoms with Gasteiger partial charge in [-0.2, -0.15) is 16.8 Å². The second kappa shape index (κ2) is 12.7. The van der Waals surface area contributed by atoms with Gasteiger partial charge in [0.1, 0.15) is 15.9 Å². The van der Waals surface area contributed by atoms with Crippen molar-refractivity contribution in [1.29, 1.82) is 0 Å². The molecule has 0 saturated carbocycles. The second-order valence-electron chi connectivity index (χ2n) is 5.84. The van der Waals surface area contributed by atoms with Crippen molar-refractivity contribution in [2.24, 2.45) is 0 Å². The van der Waals surface area contributed by atoms with Crippen LogP contribution in [-0.2, 0) is 30.4 Å². The molecule has 12 nitrogen and oxygen atoms in total. The van der Waals surface area contributed by atoms with Crippen molar-refractivity contribution in [3.05, 3.63) is 72.8 Å². The molecule has 0 unspecified atom stereocenters. The molecular weight excluding hydrogens is 531 g/mol. The number of hydrogen-bond acceptors (Lipinski definition) is 10. The summed E-state index contributed by atoms with van der Waals surface area (Å²) in [5.74, 6) is -0.660. The number of phenols is 1. The predicted octanol–water partition coefficient (Wildman–Crippen LogP) is -0.0707. The fraction of sp³-hybridized carbons (Fsp3) is 0. The number of phenolic OH excluding ortho intramolecular Hbond substituents is 1. The van der Waals surface area contributed by atoms with Crippen LogP contribution in [0.3, 0.4) is 0 Å². The Labute approximate surface area is 206 Å². The Hall–Kier alpha value is -2.68. The van der Waals surface area contributed by atoms with Crippen LogP contribution in [0.4, 0.5) is 0 Å². The number of rotatable bonds is 3. The Bertz CT molecular complexity index is 1190. The summed E-state index contributed by atoms with van der Waals surface area (Å²) < 4.78 is 89.4. The maximum atomic E-state index is 10.5. The van der Waals surface area contributed by atoms with E-state index < -0.39 is 30.4 Å². The molecule has 0 aromatic heterocycles. The van der Waals surface area contributed by atoms with E-state index >= 15 is 0 Å². The van der Waals surface area contributed by atoms with Gasteiger partial charge in [0, 0.05) is 0 Å². The summed E-state index contributed by atoms with van der Waals surface area (Å²) in [6.45, 7) is 0. The van der Waals surface area contributed by atoms with Gasteiger partial charge >= 0.3 is 17.4 Å². The van der Waals surface area contributed by atoms with Crippen molar-refractivity contribution in [2.75, 3.05) is 0 Å². The zero-order chi connectivity index (χ0) is 25.4. The van der Waals surface area contributed by atoms with Crippen molar-refractivity contribution in [3.8, 4) is 17.2 Å². The molecule has 0 heterocycles. The molecule has 3 aromatic rings. The predicted molar refractivity (Wildman–Crippen MR) is 113 cm³/mol. The molecule has 0 spiro atoms. The van der Waals surface area contributed by atoms with Gasteiger partial charge < -0.3 is 19.9 Å². The molecule has 0 radical (unpaired) electrons. The van der Waals surface area contributed by atoms with Gasteiger partial charge in [-0.25, -0.2) is 8.42 Å². The smallest absolute Gasteiger partial charge is 0.872 e. The summed E-state index contributed by atoms with van der Waals surface area (Å²) in [7, 11) is -12.7. The van der Waals surface area contributed by atoms with E-state index in [9.17, 15) is 40.0 Å². The summed E-state index contributed by atoms with van der Waals surface area (Å²) in [4.78, 5) is -0.871. The Morgan fingerprint density at radius 2 is 0.794 bits per heavy atom. The standard InChI is InChI=1S/3C6H6O4S.Al/c3*7-5-1-3-6(4-2-5)11(8,9)10;/h3*1-4,7H,(H,8,9,10);/q;;;+3/p-3. The molecule has 34 heavy (non-hydrogen) atoms. The first kappa shape index (κ1) is 31.3. The maximum Gasteiger partial charge on any atom is 3.00 e. The van der Waals surface area contributed by atoms with E-state index in [1.807, 2.05) is 0 Å². The maximum absolute atomic E-state index is 10.5. The van der Waals surface area contributed by atoms with E-state index in [-0.39, 0.29) is 49.3 Å². The average molecular weight is 546 g/mol. The molecule has 16 heteroatoms. The third-order valence-electron chi connectivity index (χ3n) is 3.37. The van der Waals surface area contributed by atoms with Gasteiger partial charge in [0.25, 0.3) is 20.2 Å². The number of benzene rings is 3. The van der Waals surface area contributed by atoms with Crippen LogP contribution in [0.1, 0.15) is 0 Å². The minimum atomic E-state index is -4.41. The minimum absolute atomic E-state index is 0. The Morgan fingerprint density at radius 1 is 0.529 bits per heavy atom. The van der Waals surface area contributed by atoms with Crippen molar-refractivity contribution in [2.45, 2.75) is 14.7 Å². The normalized spacial score (nSPS) is 11.0.